The summed E-state index contributed by atoms with van der Waals surface area (Å²) >= 11 is 6.02. The number of ether oxygens (including phenoxy) is 1. The van der Waals surface area contributed by atoms with Crippen molar-refractivity contribution in [1.82, 2.24) is 9.97 Å². The van der Waals surface area contributed by atoms with Crippen LogP contribution in [-0.2, 0) is 6.61 Å². The van der Waals surface area contributed by atoms with Crippen LogP contribution in [0, 0.1) is 0 Å². The lowest BCUT2D eigenvalue weighted by molar-refractivity contribution is 0.306. The topological polar surface area (TPSA) is 37.9 Å². The van der Waals surface area contributed by atoms with Crippen LogP contribution in [0.25, 0.3) is 10.9 Å². The SMILES string of the molecule is Clc1cnccc1COc1ccc2[nH]ccc2c1. The van der Waals surface area contributed by atoms with E-state index in [-0.39, 0.29) is 0 Å². The van der Waals surface area contributed by atoms with Crippen LogP contribution in [-0.4, -0.2) is 9.97 Å². The van der Waals surface area contributed by atoms with Gasteiger partial charge in [0.2, 0.25) is 0 Å². The fourth-order valence-electron chi connectivity index (χ4n) is 1.80. The molecule has 3 aromatic rings. The standard InChI is InChI=1S/C14H11ClN2O/c15-13-8-16-5-3-11(13)9-18-12-1-2-14-10(7-12)4-6-17-14/h1-8,17H,9H2. The van der Waals surface area contributed by atoms with Gasteiger partial charge in [0.05, 0.1) is 5.02 Å². The number of rotatable bonds is 3. The van der Waals surface area contributed by atoms with Crippen molar-refractivity contribution >= 4 is 22.5 Å². The number of fused-ring (bicyclic) bond motifs is 1. The molecular weight excluding hydrogens is 248 g/mol. The van der Waals surface area contributed by atoms with E-state index in [2.05, 4.69) is 9.97 Å². The molecule has 3 rings (SSSR count). The molecule has 0 atom stereocenters. The number of aromatic nitrogens is 2. The van der Waals surface area contributed by atoms with E-state index in [0.29, 0.717) is 11.6 Å². The third-order valence-corrected chi connectivity index (χ3v) is 3.12. The number of benzene rings is 1. The highest BCUT2D eigenvalue weighted by Crippen LogP contribution is 2.22. The first kappa shape index (κ1) is 11.1. The molecular formula is C14H11ClN2O. The van der Waals surface area contributed by atoms with Crippen molar-refractivity contribution in [1.29, 1.82) is 0 Å². The van der Waals surface area contributed by atoms with Gasteiger partial charge < -0.3 is 9.72 Å². The maximum absolute atomic E-state index is 6.02. The minimum Gasteiger partial charge on any atom is -0.489 e. The fourth-order valence-corrected chi connectivity index (χ4v) is 1.98. The van der Waals surface area contributed by atoms with Crippen LogP contribution in [0.15, 0.2) is 48.9 Å². The first-order valence-electron chi connectivity index (χ1n) is 5.61. The zero-order valence-corrected chi connectivity index (χ0v) is 10.3. The van der Waals surface area contributed by atoms with Crippen LogP contribution in [0.4, 0.5) is 0 Å². The quantitative estimate of drug-likeness (QED) is 0.776. The highest BCUT2D eigenvalue weighted by atomic mass is 35.5. The Kier molecular flexibility index (Phi) is 2.90. The van der Waals surface area contributed by atoms with Crippen LogP contribution in [0.2, 0.25) is 5.02 Å². The third-order valence-electron chi connectivity index (χ3n) is 2.78. The predicted octanol–water partition coefficient (Wildman–Crippen LogP) is 3.80. The van der Waals surface area contributed by atoms with Gasteiger partial charge in [0.1, 0.15) is 12.4 Å². The lowest BCUT2D eigenvalue weighted by Gasteiger charge is -2.07. The Labute approximate surface area is 109 Å². The number of halogens is 1. The van der Waals surface area contributed by atoms with Gasteiger partial charge in [-0.05, 0) is 30.3 Å². The molecule has 2 aromatic heterocycles. The molecule has 0 amide bonds. The molecule has 0 fully saturated rings. The number of nitrogens with one attached hydrogen (secondary N) is 1. The summed E-state index contributed by atoms with van der Waals surface area (Å²) in [6.45, 7) is 0.442. The molecule has 1 N–H and O–H groups in total. The van der Waals surface area contributed by atoms with E-state index in [1.165, 1.54) is 0 Å². The molecule has 0 bridgehead atoms. The summed E-state index contributed by atoms with van der Waals surface area (Å²) in [5.41, 5.74) is 2.03. The van der Waals surface area contributed by atoms with E-state index in [4.69, 9.17) is 16.3 Å². The Balaban J connectivity index is 1.78. The third kappa shape index (κ3) is 2.17. The summed E-state index contributed by atoms with van der Waals surface area (Å²) in [6, 6.07) is 9.81. The van der Waals surface area contributed by atoms with E-state index >= 15 is 0 Å². The number of pyridine rings is 1. The van der Waals surface area contributed by atoms with Gasteiger partial charge in [-0.15, -0.1) is 0 Å². The molecule has 0 unspecified atom stereocenters. The van der Waals surface area contributed by atoms with Crippen molar-refractivity contribution in [3.05, 3.63) is 59.5 Å². The smallest absolute Gasteiger partial charge is 0.120 e. The molecule has 0 saturated carbocycles. The van der Waals surface area contributed by atoms with Gasteiger partial charge in [-0.1, -0.05) is 11.6 Å². The lowest BCUT2D eigenvalue weighted by atomic mass is 10.2. The predicted molar refractivity (Wildman–Crippen MR) is 71.9 cm³/mol. The Bertz CT molecular complexity index is 678. The highest BCUT2D eigenvalue weighted by molar-refractivity contribution is 6.31. The normalized spacial score (nSPS) is 10.7. The second-order valence-electron chi connectivity index (χ2n) is 3.98. The van der Waals surface area contributed by atoms with Crippen LogP contribution < -0.4 is 4.74 Å². The van der Waals surface area contributed by atoms with Gasteiger partial charge in [-0.2, -0.15) is 0 Å². The molecule has 18 heavy (non-hydrogen) atoms. The molecule has 0 saturated heterocycles. The number of H-pyrrole nitrogens is 1. The lowest BCUT2D eigenvalue weighted by Crippen LogP contribution is -1.96. The van der Waals surface area contributed by atoms with Gasteiger partial charge in [0.15, 0.2) is 0 Å². The number of hydrogen-bond acceptors (Lipinski definition) is 2. The zero-order valence-electron chi connectivity index (χ0n) is 9.56. The minimum absolute atomic E-state index is 0.442. The van der Waals surface area contributed by atoms with Crippen LogP contribution in [0.5, 0.6) is 5.75 Å². The zero-order chi connectivity index (χ0) is 12.4. The van der Waals surface area contributed by atoms with Crippen molar-refractivity contribution in [2.24, 2.45) is 0 Å². The van der Waals surface area contributed by atoms with Gasteiger partial charge in [-0.25, -0.2) is 0 Å². The van der Waals surface area contributed by atoms with E-state index in [1.54, 1.807) is 12.4 Å². The second kappa shape index (κ2) is 4.70. The fraction of sp³-hybridized carbons (Fsp3) is 0.0714. The van der Waals surface area contributed by atoms with Crippen molar-refractivity contribution < 1.29 is 4.74 Å². The summed E-state index contributed by atoms with van der Waals surface area (Å²) < 4.78 is 5.72. The van der Waals surface area contributed by atoms with Crippen LogP contribution in [0.3, 0.4) is 0 Å². The van der Waals surface area contributed by atoms with E-state index in [9.17, 15) is 0 Å². The van der Waals surface area contributed by atoms with Crippen molar-refractivity contribution in [2.75, 3.05) is 0 Å². The average Bonchev–Trinajstić information content (AvgIpc) is 2.85. The summed E-state index contributed by atoms with van der Waals surface area (Å²) in [5.74, 6) is 0.829. The van der Waals surface area contributed by atoms with E-state index in [0.717, 1.165) is 22.2 Å². The maximum atomic E-state index is 6.02. The van der Waals surface area contributed by atoms with Crippen molar-refractivity contribution in [2.45, 2.75) is 6.61 Å². The van der Waals surface area contributed by atoms with Crippen molar-refractivity contribution in [3.8, 4) is 5.75 Å². The number of aromatic amines is 1. The van der Waals surface area contributed by atoms with Gasteiger partial charge in [-0.3, -0.25) is 4.98 Å². The largest absolute Gasteiger partial charge is 0.489 e. The number of nitrogens with zero attached hydrogens (tertiary/aromatic N) is 1. The first-order chi connectivity index (χ1) is 8.83. The summed E-state index contributed by atoms with van der Waals surface area (Å²) in [6.07, 6.45) is 5.24. The summed E-state index contributed by atoms with van der Waals surface area (Å²) in [7, 11) is 0. The summed E-state index contributed by atoms with van der Waals surface area (Å²) in [4.78, 5) is 7.09. The molecule has 4 heteroatoms. The molecule has 1 aromatic carbocycles. The molecule has 0 radical (unpaired) electrons. The molecule has 90 valence electrons. The molecule has 0 aliphatic carbocycles. The Morgan fingerprint density at radius 2 is 2.17 bits per heavy atom. The van der Waals surface area contributed by atoms with Crippen LogP contribution >= 0.6 is 11.6 Å². The molecule has 2 heterocycles. The molecule has 0 aliphatic rings. The van der Waals surface area contributed by atoms with Gasteiger partial charge >= 0.3 is 0 Å². The van der Waals surface area contributed by atoms with Crippen molar-refractivity contribution in [3.63, 3.8) is 0 Å². The average molecular weight is 259 g/mol. The Hall–Kier alpha value is -2.00. The molecule has 0 spiro atoms. The van der Waals surface area contributed by atoms with Crippen LogP contribution in [0.1, 0.15) is 5.56 Å². The Morgan fingerprint density at radius 3 is 3.06 bits per heavy atom. The monoisotopic (exact) mass is 258 g/mol. The minimum atomic E-state index is 0.442. The molecule has 3 nitrogen and oxygen atoms in total. The second-order valence-corrected chi connectivity index (χ2v) is 4.39. The molecule has 0 aliphatic heterocycles. The van der Waals surface area contributed by atoms with E-state index in [1.807, 2.05) is 36.5 Å². The van der Waals surface area contributed by atoms with Gasteiger partial charge in [0.25, 0.3) is 0 Å². The highest BCUT2D eigenvalue weighted by Gasteiger charge is 2.02. The summed E-state index contributed by atoms with van der Waals surface area (Å²) in [5, 5.41) is 1.76. The number of hydrogen-bond donors (Lipinski definition) is 1. The Morgan fingerprint density at radius 1 is 1.22 bits per heavy atom. The van der Waals surface area contributed by atoms with Gasteiger partial charge in [0, 0.05) is 35.1 Å². The maximum Gasteiger partial charge on any atom is 0.120 e. The first-order valence-corrected chi connectivity index (χ1v) is 5.99. The van der Waals surface area contributed by atoms with E-state index < -0.39 is 0 Å².